The lowest BCUT2D eigenvalue weighted by Crippen LogP contribution is -2.39. The molecule has 0 aromatic heterocycles. The largest absolute Gasteiger partial charge is 0.481 e. The maximum absolute atomic E-state index is 12.6. The molecule has 6 nitrogen and oxygen atoms in total. The molecule has 7 heteroatoms. The normalized spacial score (nSPS) is 15.7. The minimum absolute atomic E-state index is 0.0719. The van der Waals surface area contributed by atoms with Gasteiger partial charge in [-0.15, -0.1) is 0 Å². The van der Waals surface area contributed by atoms with Gasteiger partial charge in [0.25, 0.3) is 5.91 Å². The average molecular weight is 446 g/mol. The van der Waals surface area contributed by atoms with Crippen LogP contribution in [0.2, 0.25) is 0 Å². The zero-order valence-electron chi connectivity index (χ0n) is 15.7. The van der Waals surface area contributed by atoms with Gasteiger partial charge in [-0.05, 0) is 56.2 Å². The molecule has 3 rings (SSSR count). The molecule has 1 atom stereocenters. The molecule has 2 amide bonds. The van der Waals surface area contributed by atoms with Gasteiger partial charge in [-0.2, -0.15) is 0 Å². The van der Waals surface area contributed by atoms with Crippen LogP contribution < -0.4 is 20.7 Å². The SMILES string of the molecule is CC(Oc1ccc(Br)cc1)C(=O)Nc1ccccc1N1CCC(C(N)=O)CC1. The quantitative estimate of drug-likeness (QED) is 0.711. The van der Waals surface area contributed by atoms with Crippen molar-refractivity contribution in [1.29, 1.82) is 0 Å². The number of para-hydroxylation sites is 2. The number of nitrogens with one attached hydrogen (secondary N) is 1. The Kier molecular flexibility index (Phi) is 6.57. The first-order chi connectivity index (χ1) is 13.4. The van der Waals surface area contributed by atoms with Crippen LogP contribution in [-0.2, 0) is 9.59 Å². The van der Waals surface area contributed by atoms with Gasteiger partial charge in [0, 0.05) is 23.5 Å². The van der Waals surface area contributed by atoms with Crippen LogP contribution in [0.25, 0.3) is 0 Å². The third-order valence-electron chi connectivity index (χ3n) is 4.90. The fourth-order valence-electron chi connectivity index (χ4n) is 3.27. The smallest absolute Gasteiger partial charge is 0.265 e. The topological polar surface area (TPSA) is 84.7 Å². The Morgan fingerprint density at radius 2 is 1.79 bits per heavy atom. The molecule has 0 bridgehead atoms. The summed E-state index contributed by atoms with van der Waals surface area (Å²) in [5.74, 6) is 0.104. The molecule has 2 aromatic rings. The second-order valence-corrected chi connectivity index (χ2v) is 7.80. The van der Waals surface area contributed by atoms with Gasteiger partial charge < -0.3 is 20.7 Å². The number of ether oxygens (including phenoxy) is 1. The second kappa shape index (κ2) is 9.10. The van der Waals surface area contributed by atoms with Gasteiger partial charge in [-0.1, -0.05) is 28.1 Å². The molecule has 1 unspecified atom stereocenters. The van der Waals surface area contributed by atoms with E-state index < -0.39 is 6.10 Å². The molecule has 28 heavy (non-hydrogen) atoms. The number of primary amides is 1. The van der Waals surface area contributed by atoms with Crippen molar-refractivity contribution in [2.24, 2.45) is 11.7 Å². The summed E-state index contributed by atoms with van der Waals surface area (Å²) >= 11 is 3.38. The van der Waals surface area contributed by atoms with Gasteiger partial charge in [0.2, 0.25) is 5.91 Å². The van der Waals surface area contributed by atoms with E-state index in [0.29, 0.717) is 5.75 Å². The molecule has 0 saturated carbocycles. The van der Waals surface area contributed by atoms with Crippen LogP contribution in [0.5, 0.6) is 5.75 Å². The van der Waals surface area contributed by atoms with Crippen molar-refractivity contribution >= 4 is 39.1 Å². The highest BCUT2D eigenvalue weighted by Gasteiger charge is 2.25. The van der Waals surface area contributed by atoms with Gasteiger partial charge in [0.05, 0.1) is 11.4 Å². The van der Waals surface area contributed by atoms with E-state index in [1.807, 2.05) is 48.5 Å². The van der Waals surface area contributed by atoms with E-state index in [9.17, 15) is 9.59 Å². The minimum Gasteiger partial charge on any atom is -0.481 e. The molecule has 2 aromatic carbocycles. The third kappa shape index (κ3) is 5.04. The highest BCUT2D eigenvalue weighted by Crippen LogP contribution is 2.30. The van der Waals surface area contributed by atoms with Crippen molar-refractivity contribution < 1.29 is 14.3 Å². The Hall–Kier alpha value is -2.54. The first-order valence-corrected chi connectivity index (χ1v) is 10.1. The predicted molar refractivity (Wildman–Crippen MR) is 113 cm³/mol. The zero-order chi connectivity index (χ0) is 20.1. The van der Waals surface area contributed by atoms with Crippen LogP contribution in [0.15, 0.2) is 53.0 Å². The highest BCUT2D eigenvalue weighted by molar-refractivity contribution is 9.10. The molecule has 1 aliphatic rings. The van der Waals surface area contributed by atoms with E-state index in [4.69, 9.17) is 10.5 Å². The fraction of sp³-hybridized carbons (Fsp3) is 0.333. The first-order valence-electron chi connectivity index (χ1n) is 9.30. The number of piperidine rings is 1. The van der Waals surface area contributed by atoms with Crippen molar-refractivity contribution in [3.63, 3.8) is 0 Å². The summed E-state index contributed by atoms with van der Waals surface area (Å²) in [4.78, 5) is 26.2. The van der Waals surface area contributed by atoms with E-state index in [-0.39, 0.29) is 17.7 Å². The highest BCUT2D eigenvalue weighted by atomic mass is 79.9. The molecular formula is C21H24BrN3O3. The van der Waals surface area contributed by atoms with Crippen molar-refractivity contribution in [3.05, 3.63) is 53.0 Å². The maximum atomic E-state index is 12.6. The summed E-state index contributed by atoms with van der Waals surface area (Å²) < 4.78 is 6.68. The number of benzene rings is 2. The van der Waals surface area contributed by atoms with E-state index in [0.717, 1.165) is 41.8 Å². The van der Waals surface area contributed by atoms with Crippen LogP contribution in [0.1, 0.15) is 19.8 Å². The first kappa shape index (κ1) is 20.2. The number of halogens is 1. The molecule has 3 N–H and O–H groups in total. The zero-order valence-corrected chi connectivity index (χ0v) is 17.3. The number of hydrogen-bond donors (Lipinski definition) is 2. The maximum Gasteiger partial charge on any atom is 0.265 e. The lowest BCUT2D eigenvalue weighted by Gasteiger charge is -2.33. The average Bonchev–Trinajstić information content (AvgIpc) is 2.70. The Balaban J connectivity index is 1.65. The number of hydrogen-bond acceptors (Lipinski definition) is 4. The molecular weight excluding hydrogens is 422 g/mol. The molecule has 1 saturated heterocycles. The van der Waals surface area contributed by atoms with Gasteiger partial charge >= 0.3 is 0 Å². The van der Waals surface area contributed by atoms with E-state index in [2.05, 4.69) is 26.1 Å². The van der Waals surface area contributed by atoms with Gasteiger partial charge in [-0.3, -0.25) is 9.59 Å². The predicted octanol–water partition coefficient (Wildman–Crippen LogP) is 3.56. The van der Waals surface area contributed by atoms with E-state index in [1.165, 1.54) is 0 Å². The number of anilines is 2. The van der Waals surface area contributed by atoms with Crippen molar-refractivity contribution in [2.45, 2.75) is 25.9 Å². The van der Waals surface area contributed by atoms with E-state index >= 15 is 0 Å². The Morgan fingerprint density at radius 1 is 1.14 bits per heavy atom. The van der Waals surface area contributed by atoms with Crippen LogP contribution in [0, 0.1) is 5.92 Å². The molecule has 1 fully saturated rings. The van der Waals surface area contributed by atoms with Crippen molar-refractivity contribution in [2.75, 3.05) is 23.3 Å². The summed E-state index contributed by atoms with van der Waals surface area (Å²) in [6.45, 7) is 3.18. The van der Waals surface area contributed by atoms with Crippen LogP contribution >= 0.6 is 15.9 Å². The van der Waals surface area contributed by atoms with Crippen LogP contribution in [0.4, 0.5) is 11.4 Å². The Bertz CT molecular complexity index is 833. The molecule has 1 aliphatic heterocycles. The summed E-state index contributed by atoms with van der Waals surface area (Å²) in [5.41, 5.74) is 7.09. The second-order valence-electron chi connectivity index (χ2n) is 6.88. The number of rotatable bonds is 6. The number of carbonyl (C=O) groups is 2. The van der Waals surface area contributed by atoms with Crippen molar-refractivity contribution in [1.82, 2.24) is 0 Å². The molecule has 0 aliphatic carbocycles. The number of amides is 2. The summed E-state index contributed by atoms with van der Waals surface area (Å²) in [6, 6.07) is 15.0. The molecule has 0 spiro atoms. The van der Waals surface area contributed by atoms with E-state index in [1.54, 1.807) is 6.92 Å². The van der Waals surface area contributed by atoms with Crippen LogP contribution in [0.3, 0.4) is 0 Å². The standard InChI is InChI=1S/C21H24BrN3O3/c1-14(28-17-8-6-16(22)7-9-17)21(27)24-18-4-2-3-5-19(18)25-12-10-15(11-13-25)20(23)26/h2-9,14-15H,10-13H2,1H3,(H2,23,26)(H,24,27). The Morgan fingerprint density at radius 3 is 2.43 bits per heavy atom. The molecule has 148 valence electrons. The third-order valence-corrected chi connectivity index (χ3v) is 5.42. The fourth-order valence-corrected chi connectivity index (χ4v) is 3.53. The molecule has 0 radical (unpaired) electrons. The monoisotopic (exact) mass is 445 g/mol. The van der Waals surface area contributed by atoms with Crippen LogP contribution in [-0.4, -0.2) is 31.0 Å². The minimum atomic E-state index is -0.644. The lowest BCUT2D eigenvalue weighted by molar-refractivity contribution is -0.122. The Labute approximate surface area is 173 Å². The summed E-state index contributed by atoms with van der Waals surface area (Å²) in [6.07, 6.45) is 0.802. The van der Waals surface area contributed by atoms with Gasteiger partial charge in [0.1, 0.15) is 5.75 Å². The number of nitrogens with zero attached hydrogens (tertiary/aromatic N) is 1. The molecule has 1 heterocycles. The van der Waals surface area contributed by atoms with Gasteiger partial charge in [0.15, 0.2) is 6.10 Å². The lowest BCUT2D eigenvalue weighted by atomic mass is 9.96. The van der Waals surface area contributed by atoms with Gasteiger partial charge in [-0.25, -0.2) is 0 Å². The summed E-state index contributed by atoms with van der Waals surface area (Å²) in [7, 11) is 0. The number of nitrogens with two attached hydrogens (primary N) is 1. The summed E-state index contributed by atoms with van der Waals surface area (Å²) in [5, 5.41) is 2.97. The van der Waals surface area contributed by atoms with Crippen molar-refractivity contribution in [3.8, 4) is 5.75 Å². The number of carbonyl (C=O) groups excluding carboxylic acids is 2.